The Morgan fingerprint density at radius 2 is 1.90 bits per heavy atom. The number of benzene rings is 1. The van der Waals surface area contributed by atoms with E-state index in [9.17, 15) is 19.2 Å². The zero-order valence-electron chi connectivity index (χ0n) is 16.1. The maximum atomic E-state index is 12.2. The molecule has 1 aromatic carbocycles. The van der Waals surface area contributed by atoms with Crippen LogP contribution in [0.25, 0.3) is 0 Å². The van der Waals surface area contributed by atoms with E-state index in [0.29, 0.717) is 23.6 Å². The number of carbonyl (C=O) groups is 4. The zero-order valence-corrected chi connectivity index (χ0v) is 16.9. The van der Waals surface area contributed by atoms with Crippen LogP contribution in [0.4, 0.5) is 5.69 Å². The molecule has 2 fully saturated rings. The number of rotatable bonds is 7. The lowest BCUT2D eigenvalue weighted by Gasteiger charge is -2.17. The molecule has 2 aliphatic rings. The Labute approximate surface area is 172 Å². The topological polar surface area (TPSA) is 93.2 Å². The number of esters is 2. The summed E-state index contributed by atoms with van der Waals surface area (Å²) in [7, 11) is 0. The molecule has 0 bridgehead atoms. The lowest BCUT2D eigenvalue weighted by molar-refractivity contribution is -0.137. The van der Waals surface area contributed by atoms with E-state index in [0.717, 1.165) is 12.1 Å². The third-order valence-electron chi connectivity index (χ3n) is 4.47. The first kappa shape index (κ1) is 20.9. The number of thioether (sulfide) groups is 1. The highest BCUT2D eigenvalue weighted by Gasteiger charge is 2.27. The molecule has 2 aliphatic heterocycles. The number of ether oxygens (including phenoxy) is 2. The molecule has 1 aromatic rings. The Hall–Kier alpha value is -2.81. The van der Waals surface area contributed by atoms with Gasteiger partial charge in [0.1, 0.15) is 6.61 Å². The average molecular weight is 418 g/mol. The minimum absolute atomic E-state index is 0.00232. The van der Waals surface area contributed by atoms with E-state index in [1.165, 1.54) is 22.7 Å². The van der Waals surface area contributed by atoms with Gasteiger partial charge in [0.2, 0.25) is 11.8 Å². The molecule has 0 spiro atoms. The molecule has 2 amide bonds. The highest BCUT2D eigenvalue weighted by atomic mass is 32.2. The number of carbonyl (C=O) groups excluding carboxylic acids is 4. The molecule has 0 saturated carbocycles. The third kappa shape index (κ3) is 5.17. The zero-order chi connectivity index (χ0) is 20.8. The van der Waals surface area contributed by atoms with Crippen molar-refractivity contribution in [1.82, 2.24) is 4.90 Å². The minimum atomic E-state index is -0.514. The Morgan fingerprint density at radius 1 is 1.14 bits per heavy atom. The van der Waals surface area contributed by atoms with Gasteiger partial charge >= 0.3 is 11.9 Å². The molecular weight excluding hydrogens is 396 g/mol. The molecule has 0 atom stereocenters. The van der Waals surface area contributed by atoms with Gasteiger partial charge in [0.15, 0.2) is 0 Å². The van der Waals surface area contributed by atoms with Crippen molar-refractivity contribution in [1.29, 1.82) is 0 Å². The van der Waals surface area contributed by atoms with E-state index in [1.807, 2.05) is 0 Å². The van der Waals surface area contributed by atoms with Crippen LogP contribution in [0.1, 0.15) is 30.1 Å². The van der Waals surface area contributed by atoms with Crippen LogP contribution < -0.4 is 4.90 Å². The van der Waals surface area contributed by atoms with Crippen molar-refractivity contribution in [2.75, 3.05) is 37.0 Å². The Morgan fingerprint density at radius 3 is 2.55 bits per heavy atom. The lowest BCUT2D eigenvalue weighted by atomic mass is 10.2. The predicted octanol–water partition coefficient (Wildman–Crippen LogP) is 1.95. The SMILES string of the molecule is CCOC(=O)C=C1SCC(=O)N1CCOC(=O)c1ccc(N2CCCC2=O)cc1. The van der Waals surface area contributed by atoms with Gasteiger partial charge in [0, 0.05) is 18.7 Å². The van der Waals surface area contributed by atoms with Crippen molar-refractivity contribution in [3.8, 4) is 0 Å². The van der Waals surface area contributed by atoms with Crippen molar-refractivity contribution in [3.05, 3.63) is 40.9 Å². The summed E-state index contributed by atoms with van der Waals surface area (Å²) >= 11 is 1.25. The molecule has 9 heteroatoms. The first-order valence-corrected chi connectivity index (χ1v) is 10.4. The normalized spacial score (nSPS) is 17.9. The fourth-order valence-electron chi connectivity index (χ4n) is 3.07. The summed E-state index contributed by atoms with van der Waals surface area (Å²) in [6, 6.07) is 6.68. The standard InChI is InChI=1S/C20H22N2O6S/c1-2-27-19(25)12-18-22(17(24)13-29-18)10-11-28-20(26)14-5-7-15(8-6-14)21-9-3-4-16(21)23/h5-8,12H,2-4,9-11,13H2,1H3. The predicted molar refractivity (Wildman–Crippen MR) is 107 cm³/mol. The maximum absolute atomic E-state index is 12.2. The van der Waals surface area contributed by atoms with Crippen molar-refractivity contribution >= 4 is 41.2 Å². The summed E-state index contributed by atoms with van der Waals surface area (Å²) in [5, 5.41) is 0.490. The van der Waals surface area contributed by atoms with E-state index >= 15 is 0 Å². The monoisotopic (exact) mass is 418 g/mol. The summed E-state index contributed by atoms with van der Waals surface area (Å²) in [6.45, 7) is 2.80. The molecule has 29 heavy (non-hydrogen) atoms. The molecule has 0 N–H and O–H groups in total. The molecule has 2 heterocycles. The molecule has 154 valence electrons. The van der Waals surface area contributed by atoms with Gasteiger partial charge in [0.05, 0.1) is 35.6 Å². The van der Waals surface area contributed by atoms with Crippen molar-refractivity contribution < 1.29 is 28.7 Å². The molecular formula is C20H22N2O6S. The van der Waals surface area contributed by atoms with Gasteiger partial charge in [-0.3, -0.25) is 9.59 Å². The second kappa shape index (κ2) is 9.60. The molecule has 0 aliphatic carbocycles. The average Bonchev–Trinajstić information content (AvgIpc) is 3.28. The molecule has 2 saturated heterocycles. The van der Waals surface area contributed by atoms with Gasteiger partial charge in [-0.1, -0.05) is 11.8 Å². The fourth-order valence-corrected chi connectivity index (χ4v) is 4.02. The number of amides is 2. The summed E-state index contributed by atoms with van der Waals surface area (Å²) in [4.78, 5) is 50.7. The van der Waals surface area contributed by atoms with Crippen LogP contribution in [-0.2, 0) is 23.9 Å². The number of nitrogens with zero attached hydrogens (tertiary/aromatic N) is 2. The van der Waals surface area contributed by atoms with Gasteiger partial charge in [-0.2, -0.15) is 0 Å². The van der Waals surface area contributed by atoms with Crippen LogP contribution in [0.2, 0.25) is 0 Å². The Bertz CT molecular complexity index is 836. The second-order valence-corrected chi connectivity index (χ2v) is 7.40. The van der Waals surface area contributed by atoms with E-state index < -0.39 is 11.9 Å². The quantitative estimate of drug-likeness (QED) is 0.493. The van der Waals surface area contributed by atoms with Crippen molar-refractivity contribution in [2.24, 2.45) is 0 Å². The van der Waals surface area contributed by atoms with Crippen LogP contribution in [0.15, 0.2) is 35.4 Å². The summed E-state index contributed by atoms with van der Waals surface area (Å²) in [5.74, 6) is -0.861. The van der Waals surface area contributed by atoms with E-state index in [4.69, 9.17) is 9.47 Å². The summed E-state index contributed by atoms with van der Waals surface area (Å²) < 4.78 is 10.1. The van der Waals surface area contributed by atoms with E-state index in [1.54, 1.807) is 36.1 Å². The summed E-state index contributed by atoms with van der Waals surface area (Å²) in [5.41, 5.74) is 1.13. The van der Waals surface area contributed by atoms with Gasteiger partial charge in [-0.15, -0.1) is 0 Å². The third-order valence-corrected chi connectivity index (χ3v) is 5.50. The van der Waals surface area contributed by atoms with Crippen LogP contribution in [0, 0.1) is 0 Å². The lowest BCUT2D eigenvalue weighted by Crippen LogP contribution is -2.29. The molecule has 0 unspecified atom stereocenters. The van der Waals surface area contributed by atoms with Gasteiger partial charge in [0.25, 0.3) is 0 Å². The molecule has 0 aromatic heterocycles. The largest absolute Gasteiger partial charge is 0.463 e. The number of hydrogen-bond acceptors (Lipinski definition) is 7. The van der Waals surface area contributed by atoms with Crippen LogP contribution in [-0.4, -0.2) is 60.7 Å². The molecule has 3 rings (SSSR count). The Kier molecular flexibility index (Phi) is 6.92. The van der Waals surface area contributed by atoms with Crippen molar-refractivity contribution in [3.63, 3.8) is 0 Å². The van der Waals surface area contributed by atoms with Crippen LogP contribution in [0.3, 0.4) is 0 Å². The Balaban J connectivity index is 1.53. The second-order valence-electron chi connectivity index (χ2n) is 6.40. The van der Waals surface area contributed by atoms with E-state index in [2.05, 4.69) is 0 Å². The fraction of sp³-hybridized carbons (Fsp3) is 0.400. The van der Waals surface area contributed by atoms with Gasteiger partial charge < -0.3 is 19.3 Å². The first-order valence-electron chi connectivity index (χ1n) is 9.38. The molecule has 8 nitrogen and oxygen atoms in total. The van der Waals surface area contributed by atoms with Crippen molar-refractivity contribution in [2.45, 2.75) is 19.8 Å². The van der Waals surface area contributed by atoms with Gasteiger partial charge in [-0.05, 0) is 37.6 Å². The van der Waals surface area contributed by atoms with Gasteiger partial charge in [-0.25, -0.2) is 9.59 Å². The van der Waals surface area contributed by atoms with Crippen LogP contribution in [0.5, 0.6) is 0 Å². The number of anilines is 1. The smallest absolute Gasteiger partial charge is 0.338 e. The van der Waals surface area contributed by atoms with Crippen LogP contribution >= 0.6 is 11.8 Å². The van der Waals surface area contributed by atoms with E-state index in [-0.39, 0.29) is 37.3 Å². The molecule has 0 radical (unpaired) electrons. The highest BCUT2D eigenvalue weighted by molar-refractivity contribution is 8.04. The minimum Gasteiger partial charge on any atom is -0.463 e. The maximum Gasteiger partial charge on any atom is 0.338 e. The highest BCUT2D eigenvalue weighted by Crippen LogP contribution is 2.28. The summed E-state index contributed by atoms with van der Waals surface area (Å²) in [6.07, 6.45) is 2.66. The first-order chi connectivity index (χ1) is 14.0. The number of hydrogen-bond donors (Lipinski definition) is 0.